The fraction of sp³-hybridized carbons (Fsp3) is 0.118. The first-order valence-electron chi connectivity index (χ1n) is 7.73. The van der Waals surface area contributed by atoms with Gasteiger partial charge in [0.1, 0.15) is 11.4 Å². The number of quaternary nitrogens is 1. The molecule has 0 radical (unpaired) electrons. The summed E-state index contributed by atoms with van der Waals surface area (Å²) in [6.45, 7) is 3.53. The molecule has 0 saturated heterocycles. The average Bonchev–Trinajstić information content (AvgIpc) is 2.94. The second-order valence-corrected chi connectivity index (χ2v) is 5.93. The third-order valence-electron chi connectivity index (χ3n) is 4.40. The van der Waals surface area contributed by atoms with E-state index in [2.05, 4.69) is 4.98 Å². The predicted molar refractivity (Wildman–Crippen MR) is 93.5 cm³/mol. The number of benzene rings is 1. The molecule has 2 aliphatic heterocycles. The van der Waals surface area contributed by atoms with Crippen molar-refractivity contribution in [3.05, 3.63) is 81.1 Å². The smallest absolute Gasteiger partial charge is 0.284 e. The molecule has 0 atom stereocenters. The zero-order valence-corrected chi connectivity index (χ0v) is 14.1. The number of rotatable bonds is 2. The lowest BCUT2D eigenvalue weighted by molar-refractivity contribution is -0.661. The molecule has 4 N–H and O–H groups in total. The van der Waals surface area contributed by atoms with Crippen LogP contribution in [0.1, 0.15) is 18.2 Å². The molecule has 2 aromatic rings. The van der Waals surface area contributed by atoms with E-state index in [0.29, 0.717) is 28.2 Å². The number of aryl methyl sites for hydroxylation is 1. The van der Waals surface area contributed by atoms with Crippen LogP contribution in [-0.4, -0.2) is 20.5 Å². The lowest BCUT2D eigenvalue weighted by Gasteiger charge is -2.24. The Bertz CT molecular complexity index is 952. The Kier molecular flexibility index (Phi) is 4.10. The van der Waals surface area contributed by atoms with Gasteiger partial charge in [-0.3, -0.25) is 15.1 Å². The van der Waals surface area contributed by atoms with Crippen LogP contribution in [0.2, 0.25) is 0 Å². The highest BCUT2D eigenvalue weighted by atomic mass is 16.6. The first-order valence-corrected chi connectivity index (χ1v) is 7.73. The molecule has 26 heavy (non-hydrogen) atoms. The zero-order chi connectivity index (χ0) is 17.7. The number of allylic oxidation sites excluding steroid dienone is 1. The minimum absolute atomic E-state index is 0. The van der Waals surface area contributed by atoms with E-state index < -0.39 is 4.92 Å². The number of pyridine rings is 1. The zero-order valence-electron chi connectivity index (χ0n) is 14.1. The van der Waals surface area contributed by atoms with E-state index in [-0.39, 0.29) is 17.1 Å². The summed E-state index contributed by atoms with van der Waals surface area (Å²) in [4.78, 5) is 15.4. The summed E-state index contributed by atoms with van der Waals surface area (Å²) in [6, 6.07) is 10.8. The quantitative estimate of drug-likeness (QED) is 0.476. The average molecular weight is 355 g/mol. The van der Waals surface area contributed by atoms with Crippen LogP contribution in [0.15, 0.2) is 59.7 Å². The Hall–Kier alpha value is -3.43. The van der Waals surface area contributed by atoms with Crippen molar-refractivity contribution in [2.24, 2.45) is 0 Å². The molecule has 0 amide bonds. The van der Waals surface area contributed by atoms with E-state index in [1.807, 2.05) is 25.1 Å². The second-order valence-electron chi connectivity index (χ2n) is 5.93. The second kappa shape index (κ2) is 6.14. The summed E-state index contributed by atoms with van der Waals surface area (Å²) >= 11 is 0. The summed E-state index contributed by atoms with van der Waals surface area (Å²) in [5.74, 6) is -0.0583. The lowest BCUT2D eigenvalue weighted by atomic mass is 9.98. The Morgan fingerprint density at radius 2 is 1.88 bits per heavy atom. The molecule has 4 rings (SSSR count). The number of hydrogen-bond donors (Lipinski definition) is 2. The molecular formula is C17H17N5O4. The van der Waals surface area contributed by atoms with E-state index >= 15 is 0 Å². The molecule has 9 heteroatoms. The molecule has 3 heterocycles. The van der Waals surface area contributed by atoms with Crippen molar-refractivity contribution in [3.63, 3.8) is 0 Å². The normalized spacial score (nSPS) is 15.6. The van der Waals surface area contributed by atoms with Crippen molar-refractivity contribution in [1.82, 2.24) is 4.98 Å². The van der Waals surface area contributed by atoms with Crippen molar-refractivity contribution in [2.45, 2.75) is 13.8 Å². The number of nitrogens with zero attached hydrogens (tertiary/aromatic N) is 4. The van der Waals surface area contributed by atoms with E-state index in [0.717, 1.165) is 5.69 Å². The van der Waals surface area contributed by atoms with Gasteiger partial charge in [-0.1, -0.05) is 12.1 Å². The Morgan fingerprint density at radius 3 is 2.54 bits per heavy atom. The van der Waals surface area contributed by atoms with Crippen molar-refractivity contribution >= 4 is 17.1 Å². The number of fused-ring (bicyclic) bond motifs is 3. The number of anilines is 2. The molecule has 134 valence electrons. The highest BCUT2D eigenvalue weighted by Gasteiger charge is 2.44. The third kappa shape index (κ3) is 2.38. The maximum Gasteiger partial charge on any atom is 0.284 e. The van der Waals surface area contributed by atoms with Gasteiger partial charge in [-0.15, -0.1) is 10.5 Å². The van der Waals surface area contributed by atoms with Gasteiger partial charge >= 0.3 is 0 Å². The summed E-state index contributed by atoms with van der Waals surface area (Å²) in [7, 11) is 0. The first-order chi connectivity index (χ1) is 12.0. The van der Waals surface area contributed by atoms with E-state index in [1.165, 1.54) is 0 Å². The van der Waals surface area contributed by atoms with Gasteiger partial charge in [-0.05, 0) is 38.1 Å². The number of aromatic nitrogens is 1. The molecule has 0 spiro atoms. The van der Waals surface area contributed by atoms with Gasteiger partial charge in [0, 0.05) is 5.69 Å². The van der Waals surface area contributed by atoms with Crippen LogP contribution in [0.3, 0.4) is 0 Å². The molecule has 0 aliphatic carbocycles. The van der Waals surface area contributed by atoms with Crippen LogP contribution < -0.4 is 15.6 Å². The minimum Gasteiger partial charge on any atom is -0.870 e. The molecule has 1 aromatic heterocycles. The van der Waals surface area contributed by atoms with Crippen molar-refractivity contribution < 1.29 is 21.0 Å². The van der Waals surface area contributed by atoms with Gasteiger partial charge in [0.25, 0.3) is 11.6 Å². The van der Waals surface area contributed by atoms with Crippen LogP contribution >= 0.6 is 0 Å². The largest absolute Gasteiger partial charge is 0.870 e. The van der Waals surface area contributed by atoms with Gasteiger partial charge in [-0.2, -0.15) is 5.01 Å². The summed E-state index contributed by atoms with van der Waals surface area (Å²) < 4.78 is 0. The molecule has 2 aliphatic rings. The van der Waals surface area contributed by atoms with Crippen LogP contribution in [-0.2, 0) is 0 Å². The van der Waals surface area contributed by atoms with Gasteiger partial charge in [0.05, 0.1) is 22.3 Å². The monoisotopic (exact) mass is 355 g/mol. The molecule has 0 fully saturated rings. The fourth-order valence-electron chi connectivity index (χ4n) is 3.21. The Labute approximate surface area is 148 Å². The third-order valence-corrected chi connectivity index (χ3v) is 4.40. The molecule has 0 saturated carbocycles. The van der Waals surface area contributed by atoms with Gasteiger partial charge in [-0.25, -0.2) is 0 Å². The van der Waals surface area contributed by atoms with Crippen molar-refractivity contribution in [3.8, 4) is 0 Å². The molecule has 0 unspecified atom stereocenters. The minimum atomic E-state index is -0.401. The van der Waals surface area contributed by atoms with Gasteiger partial charge in [0.15, 0.2) is 5.70 Å². The number of aliphatic hydroxyl groups excluding tert-OH is 1. The fourth-order valence-corrected chi connectivity index (χ4v) is 3.21. The van der Waals surface area contributed by atoms with Crippen LogP contribution in [0.5, 0.6) is 0 Å². The Balaban J connectivity index is 0.00000196. The first kappa shape index (κ1) is 17.4. The SMILES string of the molecule is CC1=C([N+](=O)[O-])c2ccccc2N2[NH2+]N(c3ccc(C)nc3)C(O)=C12.[OH-]. The standard InChI is InChI=1S/C17H15N5O3.H2O/c1-10-7-8-12(9-18-10)20-17(23)16-11(2)15(22(24)25)13-5-3-4-6-14(13)21(16)19-20;/h3-9,19,23H,1-2H3;1H2. The number of para-hydroxylation sites is 1. The van der Waals surface area contributed by atoms with Crippen LogP contribution in [0.25, 0.3) is 5.70 Å². The summed E-state index contributed by atoms with van der Waals surface area (Å²) in [5, 5.41) is 25.7. The highest BCUT2D eigenvalue weighted by Crippen LogP contribution is 2.40. The van der Waals surface area contributed by atoms with Crippen molar-refractivity contribution in [1.29, 1.82) is 0 Å². The number of aliphatic hydroxyl groups is 1. The molecule has 0 bridgehead atoms. The number of nitro groups is 1. The molecule has 9 nitrogen and oxygen atoms in total. The van der Waals surface area contributed by atoms with Gasteiger partial charge in [0.2, 0.25) is 0 Å². The molecular weight excluding hydrogens is 338 g/mol. The van der Waals surface area contributed by atoms with E-state index in [1.54, 1.807) is 46.9 Å². The number of nitrogens with two attached hydrogens (primary N) is 1. The molecule has 1 aromatic carbocycles. The van der Waals surface area contributed by atoms with E-state index in [4.69, 9.17) is 0 Å². The Morgan fingerprint density at radius 1 is 1.15 bits per heavy atom. The summed E-state index contributed by atoms with van der Waals surface area (Å²) in [6.07, 6.45) is 1.65. The summed E-state index contributed by atoms with van der Waals surface area (Å²) in [5.41, 5.74) is 5.28. The van der Waals surface area contributed by atoms with Crippen LogP contribution in [0, 0.1) is 17.0 Å². The lowest BCUT2D eigenvalue weighted by Crippen LogP contribution is -2.99. The highest BCUT2D eigenvalue weighted by molar-refractivity contribution is 5.83. The van der Waals surface area contributed by atoms with E-state index in [9.17, 15) is 15.2 Å². The maximum atomic E-state index is 11.6. The van der Waals surface area contributed by atoms with Gasteiger partial charge < -0.3 is 10.6 Å². The van der Waals surface area contributed by atoms with Crippen LogP contribution in [0.4, 0.5) is 11.4 Å². The van der Waals surface area contributed by atoms with Crippen molar-refractivity contribution in [2.75, 3.05) is 10.0 Å². The maximum absolute atomic E-state index is 11.6. The topological polar surface area (TPSA) is 129 Å². The number of hydrogen-bond acceptors (Lipinski definition) is 7. The predicted octanol–water partition coefficient (Wildman–Crippen LogP) is 1.68.